The van der Waals surface area contributed by atoms with E-state index in [1.165, 1.54) is 0 Å². The molecule has 0 radical (unpaired) electrons. The van der Waals surface area contributed by atoms with Crippen LogP contribution in [0.3, 0.4) is 0 Å². The van der Waals surface area contributed by atoms with Crippen molar-refractivity contribution in [2.45, 2.75) is 11.6 Å². The number of fused-ring (bicyclic) bond motifs is 1. The van der Waals surface area contributed by atoms with Gasteiger partial charge in [0.2, 0.25) is 0 Å². The third-order valence-corrected chi connectivity index (χ3v) is 2.95. The number of aliphatic hydroxyl groups is 1. The van der Waals surface area contributed by atoms with E-state index in [1.807, 2.05) is 30.5 Å². The van der Waals surface area contributed by atoms with Crippen molar-refractivity contribution in [3.63, 3.8) is 0 Å². The number of benzene rings is 1. The second-order valence-corrected chi connectivity index (χ2v) is 4.20. The Morgan fingerprint density at radius 3 is 3.00 bits per heavy atom. The molecule has 0 saturated carbocycles. The van der Waals surface area contributed by atoms with Crippen molar-refractivity contribution in [1.29, 1.82) is 0 Å². The molecule has 2 aromatic rings. The summed E-state index contributed by atoms with van der Waals surface area (Å²) in [5.74, 6) is 0.856. The van der Waals surface area contributed by atoms with E-state index in [9.17, 15) is 0 Å². The third-order valence-electron chi connectivity index (χ3n) is 2.00. The van der Waals surface area contributed by atoms with Gasteiger partial charge in [0.1, 0.15) is 0 Å². The molecule has 0 atom stereocenters. The number of aromatic nitrogens is 2. The molecule has 1 N–H and O–H groups in total. The monoisotopic (exact) mass is 220 g/mol. The molecule has 0 amide bonds. The molecule has 2 rings (SSSR count). The molecule has 0 spiro atoms. The highest BCUT2D eigenvalue weighted by Crippen LogP contribution is 2.17. The van der Waals surface area contributed by atoms with E-state index in [2.05, 4.69) is 9.97 Å². The fraction of sp³-hybridized carbons (Fsp3) is 0.273. The molecule has 3 nitrogen and oxygen atoms in total. The predicted octanol–water partition coefficient (Wildman–Crippen LogP) is 2.10. The topological polar surface area (TPSA) is 46.0 Å². The van der Waals surface area contributed by atoms with Crippen molar-refractivity contribution < 1.29 is 5.11 Å². The maximum Gasteiger partial charge on any atom is 0.188 e. The van der Waals surface area contributed by atoms with Crippen LogP contribution in [0.15, 0.2) is 35.6 Å². The molecular weight excluding hydrogens is 208 g/mol. The molecule has 0 aliphatic rings. The van der Waals surface area contributed by atoms with Crippen LogP contribution in [-0.4, -0.2) is 27.4 Å². The Bertz CT molecular complexity index is 447. The quantitative estimate of drug-likeness (QED) is 0.487. The fourth-order valence-electron chi connectivity index (χ4n) is 1.25. The van der Waals surface area contributed by atoms with Crippen molar-refractivity contribution in [3.8, 4) is 0 Å². The summed E-state index contributed by atoms with van der Waals surface area (Å²) >= 11 is 1.58. The van der Waals surface area contributed by atoms with E-state index >= 15 is 0 Å². The zero-order chi connectivity index (χ0) is 10.5. The lowest BCUT2D eigenvalue weighted by molar-refractivity contribution is 0.296. The first-order chi connectivity index (χ1) is 7.40. The normalized spacial score (nSPS) is 10.7. The summed E-state index contributed by atoms with van der Waals surface area (Å²) in [4.78, 5) is 8.67. The second kappa shape index (κ2) is 5.09. The van der Waals surface area contributed by atoms with Crippen LogP contribution < -0.4 is 0 Å². The Balaban J connectivity index is 2.16. The summed E-state index contributed by atoms with van der Waals surface area (Å²) < 4.78 is 0. The van der Waals surface area contributed by atoms with Crippen molar-refractivity contribution >= 4 is 22.7 Å². The highest BCUT2D eigenvalue weighted by Gasteiger charge is 1.99. The Labute approximate surface area is 92.6 Å². The van der Waals surface area contributed by atoms with E-state index < -0.39 is 0 Å². The molecular formula is C11H12N2OS. The summed E-state index contributed by atoms with van der Waals surface area (Å²) in [7, 11) is 0. The summed E-state index contributed by atoms with van der Waals surface area (Å²) in [6.07, 6.45) is 2.62. The Morgan fingerprint density at radius 2 is 2.13 bits per heavy atom. The maximum absolute atomic E-state index is 8.66. The smallest absolute Gasteiger partial charge is 0.188 e. The van der Waals surface area contributed by atoms with Gasteiger partial charge in [0.25, 0.3) is 0 Å². The number of aliphatic hydroxyl groups excluding tert-OH is 1. The number of hydrogen-bond acceptors (Lipinski definition) is 4. The minimum atomic E-state index is 0.223. The van der Waals surface area contributed by atoms with Gasteiger partial charge >= 0.3 is 0 Å². The van der Waals surface area contributed by atoms with Crippen LogP contribution >= 0.6 is 11.8 Å². The van der Waals surface area contributed by atoms with Gasteiger partial charge < -0.3 is 5.11 Å². The molecule has 0 saturated heterocycles. The zero-order valence-electron chi connectivity index (χ0n) is 8.26. The highest BCUT2D eigenvalue weighted by atomic mass is 32.2. The molecule has 1 aromatic heterocycles. The van der Waals surface area contributed by atoms with E-state index in [0.29, 0.717) is 0 Å². The summed E-state index contributed by atoms with van der Waals surface area (Å²) in [5, 5.41) is 10.5. The largest absolute Gasteiger partial charge is 0.396 e. The number of nitrogens with zero attached hydrogens (tertiary/aromatic N) is 2. The van der Waals surface area contributed by atoms with Crippen LogP contribution in [0.5, 0.6) is 0 Å². The van der Waals surface area contributed by atoms with Gasteiger partial charge in [0.05, 0.1) is 5.52 Å². The minimum Gasteiger partial charge on any atom is -0.396 e. The lowest BCUT2D eigenvalue weighted by Crippen LogP contribution is -1.90. The summed E-state index contributed by atoms with van der Waals surface area (Å²) in [6, 6.07) is 7.92. The molecule has 1 aromatic carbocycles. The average Bonchev–Trinajstić information content (AvgIpc) is 2.29. The molecule has 0 aliphatic heterocycles. The van der Waals surface area contributed by atoms with Crippen LogP contribution in [0.25, 0.3) is 10.9 Å². The lowest BCUT2D eigenvalue weighted by Gasteiger charge is -2.00. The van der Waals surface area contributed by atoms with Gasteiger partial charge in [-0.1, -0.05) is 30.0 Å². The van der Waals surface area contributed by atoms with Crippen molar-refractivity contribution in [3.05, 3.63) is 30.5 Å². The van der Waals surface area contributed by atoms with Gasteiger partial charge in [-0.15, -0.1) is 0 Å². The standard InChI is InChI=1S/C11H12N2OS/c14-6-3-7-15-11-12-8-9-4-1-2-5-10(9)13-11/h1-2,4-5,8,14H,3,6-7H2. The average molecular weight is 220 g/mol. The van der Waals surface area contributed by atoms with Gasteiger partial charge in [-0.05, 0) is 12.5 Å². The molecule has 1 heterocycles. The third kappa shape index (κ3) is 2.67. The van der Waals surface area contributed by atoms with Gasteiger partial charge in [-0.2, -0.15) is 0 Å². The van der Waals surface area contributed by atoms with Crippen molar-refractivity contribution in [2.75, 3.05) is 12.4 Å². The highest BCUT2D eigenvalue weighted by molar-refractivity contribution is 7.99. The SMILES string of the molecule is OCCCSc1ncc2ccccc2n1. The van der Waals surface area contributed by atoms with Crippen molar-refractivity contribution in [1.82, 2.24) is 9.97 Å². The van der Waals surface area contributed by atoms with Crippen LogP contribution in [0.4, 0.5) is 0 Å². The molecule has 4 heteroatoms. The first-order valence-corrected chi connectivity index (χ1v) is 5.84. The number of hydrogen-bond donors (Lipinski definition) is 1. The maximum atomic E-state index is 8.66. The Morgan fingerprint density at radius 1 is 1.27 bits per heavy atom. The van der Waals surface area contributed by atoms with Crippen LogP contribution in [-0.2, 0) is 0 Å². The molecule has 78 valence electrons. The van der Waals surface area contributed by atoms with Crippen LogP contribution in [0.1, 0.15) is 6.42 Å². The fourth-order valence-corrected chi connectivity index (χ4v) is 2.00. The van der Waals surface area contributed by atoms with E-state index in [0.717, 1.165) is 28.2 Å². The first-order valence-electron chi connectivity index (χ1n) is 4.85. The van der Waals surface area contributed by atoms with E-state index in [1.54, 1.807) is 11.8 Å². The van der Waals surface area contributed by atoms with E-state index in [4.69, 9.17) is 5.11 Å². The molecule has 0 aliphatic carbocycles. The Hall–Kier alpha value is -1.13. The molecule has 0 bridgehead atoms. The number of thioether (sulfide) groups is 1. The van der Waals surface area contributed by atoms with Gasteiger partial charge in [0, 0.05) is 23.9 Å². The molecule has 15 heavy (non-hydrogen) atoms. The number of para-hydroxylation sites is 1. The van der Waals surface area contributed by atoms with Crippen LogP contribution in [0, 0.1) is 0 Å². The molecule has 0 fully saturated rings. The Kier molecular flexibility index (Phi) is 3.53. The van der Waals surface area contributed by atoms with Gasteiger partial charge in [-0.3, -0.25) is 0 Å². The lowest BCUT2D eigenvalue weighted by atomic mass is 10.2. The van der Waals surface area contributed by atoms with Crippen LogP contribution in [0.2, 0.25) is 0 Å². The van der Waals surface area contributed by atoms with Gasteiger partial charge in [0.15, 0.2) is 5.16 Å². The summed E-state index contributed by atoms with van der Waals surface area (Å²) in [6.45, 7) is 0.223. The number of rotatable bonds is 4. The van der Waals surface area contributed by atoms with E-state index in [-0.39, 0.29) is 6.61 Å². The summed E-state index contributed by atoms with van der Waals surface area (Å²) in [5.41, 5.74) is 0.971. The minimum absolute atomic E-state index is 0.223. The van der Waals surface area contributed by atoms with Crippen molar-refractivity contribution in [2.24, 2.45) is 0 Å². The van der Waals surface area contributed by atoms with Gasteiger partial charge in [-0.25, -0.2) is 9.97 Å². The predicted molar refractivity (Wildman–Crippen MR) is 62.0 cm³/mol. The first kappa shape index (κ1) is 10.4. The second-order valence-electron chi connectivity index (χ2n) is 3.14. The molecule has 0 unspecified atom stereocenters. The zero-order valence-corrected chi connectivity index (χ0v) is 9.07.